The summed E-state index contributed by atoms with van der Waals surface area (Å²) in [5.74, 6) is -0.115. The van der Waals surface area contributed by atoms with E-state index in [2.05, 4.69) is 10.3 Å². The normalized spacial score (nSPS) is 16.3. The number of pyridine rings is 1. The molecule has 0 unspecified atom stereocenters. The van der Waals surface area contributed by atoms with Crippen LogP contribution in [0, 0.1) is 0 Å². The highest BCUT2D eigenvalue weighted by Gasteiger charge is 2.17. The first-order valence-corrected chi connectivity index (χ1v) is 10.1. The maximum atomic E-state index is 13.0. The fraction of sp³-hybridized carbons (Fsp3) is 0.261. The maximum Gasteiger partial charge on any atom is 0.276 e. The molecule has 7 heteroatoms. The van der Waals surface area contributed by atoms with E-state index in [0.29, 0.717) is 29.8 Å². The number of nitrogens with zero attached hydrogens (tertiary/aromatic N) is 3. The molecule has 1 amide bonds. The van der Waals surface area contributed by atoms with Crippen LogP contribution in [-0.4, -0.2) is 39.1 Å². The van der Waals surface area contributed by atoms with Crippen LogP contribution in [0.3, 0.4) is 0 Å². The van der Waals surface area contributed by atoms with Crippen LogP contribution in [-0.2, 0) is 11.3 Å². The molecular formula is C23H22N4O3. The van der Waals surface area contributed by atoms with Gasteiger partial charge in [0.25, 0.3) is 11.5 Å². The highest BCUT2D eigenvalue weighted by Crippen LogP contribution is 2.15. The lowest BCUT2D eigenvalue weighted by molar-refractivity contribution is 0.0858. The van der Waals surface area contributed by atoms with Gasteiger partial charge in [0.15, 0.2) is 5.65 Å². The number of amides is 1. The summed E-state index contributed by atoms with van der Waals surface area (Å²) in [6.07, 6.45) is 5.71. The third kappa shape index (κ3) is 3.37. The molecule has 1 atom stereocenters. The highest BCUT2D eigenvalue weighted by molar-refractivity contribution is 5.94. The smallest absolute Gasteiger partial charge is 0.276 e. The van der Waals surface area contributed by atoms with Crippen LogP contribution in [0.4, 0.5) is 0 Å². The topological polar surface area (TPSA) is 77.6 Å². The third-order valence-electron chi connectivity index (χ3n) is 5.57. The van der Waals surface area contributed by atoms with Crippen molar-refractivity contribution < 1.29 is 9.53 Å². The molecule has 0 spiro atoms. The average Bonchev–Trinajstić information content (AvgIpc) is 3.48. The van der Waals surface area contributed by atoms with Crippen LogP contribution in [0.25, 0.3) is 16.7 Å². The average molecular weight is 402 g/mol. The molecule has 1 aliphatic heterocycles. The number of aromatic nitrogens is 3. The van der Waals surface area contributed by atoms with Crippen LogP contribution in [0.5, 0.6) is 0 Å². The van der Waals surface area contributed by atoms with Gasteiger partial charge in [-0.2, -0.15) is 0 Å². The number of ether oxygens (including phenoxy) is 1. The quantitative estimate of drug-likeness (QED) is 0.557. The van der Waals surface area contributed by atoms with E-state index in [1.54, 1.807) is 22.9 Å². The van der Waals surface area contributed by atoms with Gasteiger partial charge in [0.1, 0.15) is 5.52 Å². The first-order chi connectivity index (χ1) is 14.7. The summed E-state index contributed by atoms with van der Waals surface area (Å²) in [5, 5.41) is 2.93. The number of fused-ring (bicyclic) bond motifs is 3. The second-order valence-corrected chi connectivity index (χ2v) is 7.54. The molecule has 0 aliphatic carbocycles. The molecular weight excluding hydrogens is 380 g/mol. The molecule has 30 heavy (non-hydrogen) atoms. The van der Waals surface area contributed by atoms with Crippen molar-refractivity contribution >= 4 is 22.6 Å². The van der Waals surface area contributed by atoms with E-state index in [-0.39, 0.29) is 17.6 Å². The monoisotopic (exact) mass is 402 g/mol. The molecule has 1 aromatic carbocycles. The second kappa shape index (κ2) is 7.76. The van der Waals surface area contributed by atoms with Crippen LogP contribution < -0.4 is 10.9 Å². The summed E-state index contributed by atoms with van der Waals surface area (Å²) in [7, 11) is 0. The third-order valence-corrected chi connectivity index (χ3v) is 5.57. The molecule has 4 heterocycles. The number of nitrogens with one attached hydrogen (secondary N) is 1. The minimum absolute atomic E-state index is 0.0930. The Hall–Kier alpha value is -3.45. The Morgan fingerprint density at radius 3 is 2.77 bits per heavy atom. The zero-order valence-corrected chi connectivity index (χ0v) is 16.5. The predicted octanol–water partition coefficient (Wildman–Crippen LogP) is 2.61. The fourth-order valence-electron chi connectivity index (χ4n) is 3.99. The molecule has 152 valence electrons. The van der Waals surface area contributed by atoms with Crippen molar-refractivity contribution in [2.45, 2.75) is 25.5 Å². The zero-order valence-electron chi connectivity index (χ0n) is 16.5. The molecule has 4 aromatic rings. The lowest BCUT2D eigenvalue weighted by atomic mass is 10.1. The highest BCUT2D eigenvalue weighted by atomic mass is 16.5. The maximum absolute atomic E-state index is 13.0. The van der Waals surface area contributed by atoms with Gasteiger partial charge in [-0.05, 0) is 54.8 Å². The lowest BCUT2D eigenvalue weighted by Gasteiger charge is -2.13. The second-order valence-electron chi connectivity index (χ2n) is 7.54. The number of carbonyl (C=O) groups is 1. The van der Waals surface area contributed by atoms with Crippen molar-refractivity contribution in [2.24, 2.45) is 0 Å². The Morgan fingerprint density at radius 2 is 1.97 bits per heavy atom. The molecule has 1 fully saturated rings. The molecule has 0 bridgehead atoms. The van der Waals surface area contributed by atoms with Gasteiger partial charge in [-0.25, -0.2) is 4.98 Å². The van der Waals surface area contributed by atoms with E-state index in [9.17, 15) is 9.59 Å². The van der Waals surface area contributed by atoms with Gasteiger partial charge in [-0.3, -0.25) is 14.2 Å². The molecule has 1 saturated heterocycles. The van der Waals surface area contributed by atoms with Crippen LogP contribution in [0.2, 0.25) is 0 Å². The van der Waals surface area contributed by atoms with E-state index in [0.717, 1.165) is 30.5 Å². The Morgan fingerprint density at radius 1 is 1.13 bits per heavy atom. The van der Waals surface area contributed by atoms with Crippen molar-refractivity contribution in [1.82, 2.24) is 19.3 Å². The van der Waals surface area contributed by atoms with Gasteiger partial charge in [0.2, 0.25) is 0 Å². The van der Waals surface area contributed by atoms with E-state index in [1.807, 2.05) is 47.0 Å². The van der Waals surface area contributed by atoms with Gasteiger partial charge in [-0.15, -0.1) is 0 Å². The minimum Gasteiger partial charge on any atom is -0.376 e. The Balaban J connectivity index is 1.39. The summed E-state index contributed by atoms with van der Waals surface area (Å²) < 4.78 is 9.08. The SMILES string of the molecule is O=C(NC[C@H]1CCCO1)c1ccc(Cn2c(=O)c3cccn3c3cccnc32)cc1. The van der Waals surface area contributed by atoms with Crippen molar-refractivity contribution in [2.75, 3.05) is 13.2 Å². The summed E-state index contributed by atoms with van der Waals surface area (Å²) >= 11 is 0. The number of rotatable bonds is 5. The lowest BCUT2D eigenvalue weighted by Crippen LogP contribution is -2.31. The van der Waals surface area contributed by atoms with Crippen molar-refractivity contribution in [3.05, 3.63) is 82.4 Å². The first kappa shape index (κ1) is 18.6. The van der Waals surface area contributed by atoms with Crippen molar-refractivity contribution in [3.63, 3.8) is 0 Å². The van der Waals surface area contributed by atoms with Gasteiger partial charge in [0.05, 0.1) is 18.2 Å². The van der Waals surface area contributed by atoms with Crippen molar-refractivity contribution in [1.29, 1.82) is 0 Å². The van der Waals surface area contributed by atoms with Crippen molar-refractivity contribution in [3.8, 4) is 0 Å². The van der Waals surface area contributed by atoms with Crippen LogP contribution in [0.1, 0.15) is 28.8 Å². The minimum atomic E-state index is -0.115. The van der Waals surface area contributed by atoms with E-state index < -0.39 is 0 Å². The first-order valence-electron chi connectivity index (χ1n) is 10.1. The largest absolute Gasteiger partial charge is 0.376 e. The van der Waals surface area contributed by atoms with Crippen LogP contribution in [0.15, 0.2) is 65.7 Å². The van der Waals surface area contributed by atoms with E-state index in [4.69, 9.17) is 4.74 Å². The molecule has 1 N–H and O–H groups in total. The summed E-state index contributed by atoms with van der Waals surface area (Å²) in [6, 6.07) is 14.8. The molecule has 5 rings (SSSR count). The number of carbonyl (C=O) groups excluding carboxylic acids is 1. The Kier molecular flexibility index (Phi) is 4.80. The van der Waals surface area contributed by atoms with Gasteiger partial charge >= 0.3 is 0 Å². The Bertz CT molecular complexity index is 1270. The summed E-state index contributed by atoms with van der Waals surface area (Å²) in [6.45, 7) is 1.68. The Labute approximate surface area is 172 Å². The summed E-state index contributed by atoms with van der Waals surface area (Å²) in [4.78, 5) is 29.8. The standard InChI is InChI=1S/C23H22N4O3/c28-22(25-14-18-4-3-13-30-18)17-9-7-16(8-10-17)15-27-21-19(5-1-11-24-21)26-12-2-6-20(26)23(27)29/h1-2,5-12,18H,3-4,13-15H2,(H,25,28)/t18-/m1/s1. The molecule has 0 radical (unpaired) electrons. The fourth-order valence-corrected chi connectivity index (χ4v) is 3.99. The summed E-state index contributed by atoms with van der Waals surface area (Å²) in [5.41, 5.74) is 3.54. The number of benzene rings is 1. The predicted molar refractivity (Wildman–Crippen MR) is 114 cm³/mol. The molecule has 3 aromatic heterocycles. The van der Waals surface area contributed by atoms with Crippen LogP contribution >= 0.6 is 0 Å². The number of hydrogen-bond acceptors (Lipinski definition) is 4. The van der Waals surface area contributed by atoms with Gasteiger partial charge in [-0.1, -0.05) is 12.1 Å². The molecule has 7 nitrogen and oxygen atoms in total. The van der Waals surface area contributed by atoms with Gasteiger partial charge in [0, 0.05) is 31.1 Å². The van der Waals surface area contributed by atoms with E-state index in [1.165, 1.54) is 0 Å². The zero-order chi connectivity index (χ0) is 20.5. The molecule has 0 saturated carbocycles. The van der Waals surface area contributed by atoms with E-state index >= 15 is 0 Å². The molecule has 1 aliphatic rings. The van der Waals surface area contributed by atoms with Gasteiger partial charge < -0.3 is 14.5 Å². The number of hydrogen-bond donors (Lipinski definition) is 1.